The number of thioether (sulfide) groups is 1. The van der Waals surface area contributed by atoms with E-state index in [2.05, 4.69) is 70.8 Å². The van der Waals surface area contributed by atoms with Crippen LogP contribution in [0.2, 0.25) is 0 Å². The molecular weight excluding hydrogens is 306 g/mol. The largest absolute Gasteiger partial charge is 0.372 e. The number of anilines is 1. The van der Waals surface area contributed by atoms with Crippen molar-refractivity contribution in [3.05, 3.63) is 24.3 Å². The zero-order valence-electron chi connectivity index (χ0n) is 14.2. The summed E-state index contributed by atoms with van der Waals surface area (Å²) < 4.78 is 2.06. The average molecular weight is 329 g/mol. The van der Waals surface area contributed by atoms with Gasteiger partial charge in [0.15, 0.2) is 11.0 Å². The molecule has 0 saturated heterocycles. The molecule has 0 amide bonds. The Kier molecular flexibility index (Phi) is 6.05. The minimum atomic E-state index is -0.137. The van der Waals surface area contributed by atoms with Crippen LogP contribution < -0.4 is 4.90 Å². The lowest BCUT2D eigenvalue weighted by atomic mass is 10.2. The van der Waals surface area contributed by atoms with E-state index in [1.807, 2.05) is 6.92 Å². The minimum absolute atomic E-state index is 0.137. The lowest BCUT2D eigenvalue weighted by molar-refractivity contribution is 0.686. The molecule has 1 unspecified atom stereocenters. The summed E-state index contributed by atoms with van der Waals surface area (Å²) >= 11 is 1.45. The number of rotatable bonds is 7. The van der Waals surface area contributed by atoms with Crippen molar-refractivity contribution in [2.24, 2.45) is 0 Å². The molecule has 23 heavy (non-hydrogen) atoms. The van der Waals surface area contributed by atoms with Crippen LogP contribution in [0.3, 0.4) is 0 Å². The standard InChI is InChI=1S/C17H23N5S/c1-5-21(6-2)15-10-8-14(9-11-15)16-19-20-17(22(16)7-3)23-13(4)12-18/h8-11,13H,5-7H2,1-4H3. The van der Waals surface area contributed by atoms with Crippen LogP contribution in [0.4, 0.5) is 5.69 Å². The monoisotopic (exact) mass is 329 g/mol. The molecule has 0 fully saturated rings. The van der Waals surface area contributed by atoms with Gasteiger partial charge in [-0.15, -0.1) is 10.2 Å². The molecule has 0 spiro atoms. The van der Waals surface area contributed by atoms with Crippen molar-refractivity contribution in [2.75, 3.05) is 18.0 Å². The van der Waals surface area contributed by atoms with E-state index < -0.39 is 0 Å². The highest BCUT2D eigenvalue weighted by atomic mass is 32.2. The second-order valence-corrected chi connectivity index (χ2v) is 6.47. The van der Waals surface area contributed by atoms with Gasteiger partial charge in [0, 0.05) is 30.9 Å². The van der Waals surface area contributed by atoms with E-state index in [0.717, 1.165) is 36.2 Å². The summed E-state index contributed by atoms with van der Waals surface area (Å²) in [6, 6.07) is 10.7. The Morgan fingerprint density at radius 1 is 1.17 bits per heavy atom. The lowest BCUT2D eigenvalue weighted by Crippen LogP contribution is -2.21. The maximum atomic E-state index is 8.98. The van der Waals surface area contributed by atoms with Gasteiger partial charge in [0.2, 0.25) is 0 Å². The summed E-state index contributed by atoms with van der Waals surface area (Å²) in [4.78, 5) is 2.31. The van der Waals surface area contributed by atoms with Gasteiger partial charge in [-0.1, -0.05) is 11.8 Å². The topological polar surface area (TPSA) is 57.7 Å². The van der Waals surface area contributed by atoms with E-state index in [4.69, 9.17) is 5.26 Å². The molecule has 0 radical (unpaired) electrons. The fraction of sp³-hybridized carbons (Fsp3) is 0.471. The smallest absolute Gasteiger partial charge is 0.192 e. The molecule has 2 aromatic rings. The van der Waals surface area contributed by atoms with Gasteiger partial charge in [-0.05, 0) is 52.0 Å². The fourth-order valence-electron chi connectivity index (χ4n) is 2.47. The predicted molar refractivity (Wildman–Crippen MR) is 95.6 cm³/mol. The molecule has 1 heterocycles. The van der Waals surface area contributed by atoms with Crippen molar-refractivity contribution in [1.29, 1.82) is 5.26 Å². The summed E-state index contributed by atoms with van der Waals surface area (Å²) in [5.74, 6) is 0.853. The molecular formula is C17H23N5S. The SMILES string of the molecule is CCN(CC)c1ccc(-c2nnc(SC(C)C#N)n2CC)cc1. The summed E-state index contributed by atoms with van der Waals surface area (Å²) in [6.07, 6.45) is 0. The highest BCUT2D eigenvalue weighted by Gasteiger charge is 2.15. The summed E-state index contributed by atoms with van der Waals surface area (Å²) in [6.45, 7) is 11.0. The second-order valence-electron chi connectivity index (χ2n) is 5.16. The van der Waals surface area contributed by atoms with Gasteiger partial charge < -0.3 is 9.47 Å². The molecule has 0 saturated carbocycles. The first-order chi connectivity index (χ1) is 11.1. The normalized spacial score (nSPS) is 12.0. The van der Waals surface area contributed by atoms with Crippen LogP contribution in [-0.4, -0.2) is 33.1 Å². The fourth-order valence-corrected chi connectivity index (χ4v) is 3.27. The Balaban J connectivity index is 2.30. The number of hydrogen-bond donors (Lipinski definition) is 0. The highest BCUT2D eigenvalue weighted by molar-refractivity contribution is 8.00. The van der Waals surface area contributed by atoms with E-state index in [1.54, 1.807) is 0 Å². The van der Waals surface area contributed by atoms with Gasteiger partial charge in [-0.2, -0.15) is 5.26 Å². The van der Waals surface area contributed by atoms with Gasteiger partial charge in [-0.3, -0.25) is 0 Å². The quantitative estimate of drug-likeness (QED) is 0.723. The summed E-state index contributed by atoms with van der Waals surface area (Å²) in [5.41, 5.74) is 2.26. The first-order valence-corrected chi connectivity index (χ1v) is 8.87. The Morgan fingerprint density at radius 2 is 1.83 bits per heavy atom. The van der Waals surface area contributed by atoms with Gasteiger partial charge >= 0.3 is 0 Å². The van der Waals surface area contributed by atoms with Crippen LogP contribution in [0.15, 0.2) is 29.4 Å². The van der Waals surface area contributed by atoms with Crippen LogP contribution in [0.5, 0.6) is 0 Å². The summed E-state index contributed by atoms with van der Waals surface area (Å²) in [5, 5.41) is 18.2. The van der Waals surface area contributed by atoms with E-state index in [9.17, 15) is 0 Å². The third kappa shape index (κ3) is 3.85. The van der Waals surface area contributed by atoms with Crippen molar-refractivity contribution in [3.63, 3.8) is 0 Å². The van der Waals surface area contributed by atoms with Crippen LogP contribution in [0.1, 0.15) is 27.7 Å². The molecule has 0 aliphatic carbocycles. The first kappa shape index (κ1) is 17.4. The van der Waals surface area contributed by atoms with Gasteiger partial charge in [0.1, 0.15) is 0 Å². The maximum Gasteiger partial charge on any atom is 0.192 e. The molecule has 1 atom stereocenters. The van der Waals surface area contributed by atoms with Crippen LogP contribution in [0, 0.1) is 11.3 Å². The number of nitrogens with zero attached hydrogens (tertiary/aromatic N) is 5. The molecule has 1 aromatic carbocycles. The molecule has 5 nitrogen and oxygen atoms in total. The van der Waals surface area contributed by atoms with Gasteiger partial charge in [-0.25, -0.2) is 0 Å². The molecule has 0 N–H and O–H groups in total. The molecule has 0 aliphatic heterocycles. The van der Waals surface area contributed by atoms with E-state index in [0.29, 0.717) is 0 Å². The van der Waals surface area contributed by atoms with Crippen LogP contribution in [-0.2, 0) is 6.54 Å². The van der Waals surface area contributed by atoms with Crippen molar-refractivity contribution in [3.8, 4) is 17.5 Å². The molecule has 122 valence electrons. The van der Waals surface area contributed by atoms with E-state index in [1.165, 1.54) is 17.4 Å². The number of aromatic nitrogens is 3. The Morgan fingerprint density at radius 3 is 2.35 bits per heavy atom. The minimum Gasteiger partial charge on any atom is -0.372 e. The predicted octanol–water partition coefficient (Wildman–Crippen LogP) is 3.82. The van der Waals surface area contributed by atoms with Crippen molar-refractivity contribution in [1.82, 2.24) is 14.8 Å². The van der Waals surface area contributed by atoms with Gasteiger partial charge in [0.25, 0.3) is 0 Å². The van der Waals surface area contributed by atoms with Crippen molar-refractivity contribution < 1.29 is 0 Å². The number of nitriles is 1. The number of benzene rings is 1. The Hall–Kier alpha value is -2.00. The van der Waals surface area contributed by atoms with E-state index in [-0.39, 0.29) is 5.25 Å². The number of hydrogen-bond acceptors (Lipinski definition) is 5. The zero-order chi connectivity index (χ0) is 16.8. The Bertz CT molecular complexity index is 667. The third-order valence-electron chi connectivity index (χ3n) is 3.75. The molecule has 0 aliphatic rings. The Labute approximate surface area is 142 Å². The highest BCUT2D eigenvalue weighted by Crippen LogP contribution is 2.27. The molecule has 1 aromatic heterocycles. The lowest BCUT2D eigenvalue weighted by Gasteiger charge is -2.21. The molecule has 2 rings (SSSR count). The molecule has 0 bridgehead atoms. The van der Waals surface area contributed by atoms with E-state index >= 15 is 0 Å². The summed E-state index contributed by atoms with van der Waals surface area (Å²) in [7, 11) is 0. The zero-order valence-corrected chi connectivity index (χ0v) is 15.0. The average Bonchev–Trinajstić information content (AvgIpc) is 2.99. The first-order valence-electron chi connectivity index (χ1n) is 7.99. The molecule has 6 heteroatoms. The van der Waals surface area contributed by atoms with Crippen molar-refractivity contribution in [2.45, 2.75) is 44.6 Å². The maximum absolute atomic E-state index is 8.98. The van der Waals surface area contributed by atoms with Crippen LogP contribution in [0.25, 0.3) is 11.4 Å². The van der Waals surface area contributed by atoms with Crippen LogP contribution >= 0.6 is 11.8 Å². The second kappa shape index (κ2) is 8.02. The van der Waals surface area contributed by atoms with Crippen molar-refractivity contribution >= 4 is 17.4 Å². The van der Waals surface area contributed by atoms with Gasteiger partial charge in [0.05, 0.1) is 11.3 Å². The third-order valence-corrected chi connectivity index (χ3v) is 4.72.